The molecule has 1 spiro atoms. The third-order valence-electron chi connectivity index (χ3n) is 3.62. The summed E-state index contributed by atoms with van der Waals surface area (Å²) in [5.41, 5.74) is -1.26. The fourth-order valence-electron chi connectivity index (χ4n) is 2.50. The van der Waals surface area contributed by atoms with Gasteiger partial charge in [0.15, 0.2) is 0 Å². The zero-order valence-electron chi connectivity index (χ0n) is 12.7. The molecule has 114 valence electrons. The van der Waals surface area contributed by atoms with E-state index in [9.17, 15) is 9.59 Å². The number of carbonyl (C=O) groups excluding carboxylic acids is 2. The van der Waals surface area contributed by atoms with Gasteiger partial charge in [0.25, 0.3) is 5.91 Å². The highest BCUT2D eigenvalue weighted by molar-refractivity contribution is 5.86. The SMILES string of the molecule is C[C@H]1COC2(CCN(C(=O)OC(C)(C)C)CC2)C(=O)N1. The molecule has 0 unspecified atom stereocenters. The highest BCUT2D eigenvalue weighted by atomic mass is 16.6. The third kappa shape index (κ3) is 3.23. The molecule has 2 aliphatic heterocycles. The molecular weight excluding hydrogens is 260 g/mol. The van der Waals surface area contributed by atoms with Crippen LogP contribution in [0.5, 0.6) is 0 Å². The number of hydrogen-bond donors (Lipinski definition) is 1. The van der Waals surface area contributed by atoms with Gasteiger partial charge in [-0.25, -0.2) is 4.79 Å². The van der Waals surface area contributed by atoms with E-state index in [-0.39, 0.29) is 18.0 Å². The second kappa shape index (κ2) is 5.24. The molecule has 6 nitrogen and oxygen atoms in total. The Hall–Kier alpha value is -1.30. The molecule has 2 heterocycles. The molecule has 0 aliphatic carbocycles. The van der Waals surface area contributed by atoms with Crippen molar-refractivity contribution in [1.29, 1.82) is 0 Å². The minimum Gasteiger partial charge on any atom is -0.444 e. The van der Waals surface area contributed by atoms with Gasteiger partial charge < -0.3 is 19.7 Å². The van der Waals surface area contributed by atoms with E-state index in [1.807, 2.05) is 27.7 Å². The summed E-state index contributed by atoms with van der Waals surface area (Å²) < 4.78 is 11.1. The van der Waals surface area contributed by atoms with Crippen LogP contribution < -0.4 is 5.32 Å². The van der Waals surface area contributed by atoms with Crippen molar-refractivity contribution >= 4 is 12.0 Å². The first-order valence-electron chi connectivity index (χ1n) is 7.15. The molecule has 1 atom stereocenters. The lowest BCUT2D eigenvalue weighted by atomic mass is 9.88. The molecule has 0 aromatic heterocycles. The minimum atomic E-state index is -0.759. The normalized spacial score (nSPS) is 26.3. The summed E-state index contributed by atoms with van der Waals surface area (Å²) in [6.45, 7) is 8.94. The Balaban J connectivity index is 1.92. The Bertz CT molecular complexity index is 394. The summed E-state index contributed by atoms with van der Waals surface area (Å²) in [4.78, 5) is 25.7. The van der Waals surface area contributed by atoms with Crippen molar-refractivity contribution in [3.63, 3.8) is 0 Å². The predicted molar refractivity (Wildman–Crippen MR) is 73.3 cm³/mol. The van der Waals surface area contributed by atoms with Crippen LogP contribution in [0.15, 0.2) is 0 Å². The fourth-order valence-corrected chi connectivity index (χ4v) is 2.50. The number of hydrogen-bond acceptors (Lipinski definition) is 4. The summed E-state index contributed by atoms with van der Waals surface area (Å²) >= 11 is 0. The molecule has 0 aromatic rings. The van der Waals surface area contributed by atoms with E-state index in [0.29, 0.717) is 32.5 Å². The highest BCUT2D eigenvalue weighted by Gasteiger charge is 2.46. The number of nitrogens with one attached hydrogen (secondary N) is 1. The Morgan fingerprint density at radius 1 is 1.40 bits per heavy atom. The van der Waals surface area contributed by atoms with Gasteiger partial charge in [-0.15, -0.1) is 0 Å². The number of nitrogens with zero attached hydrogens (tertiary/aromatic N) is 1. The number of amides is 2. The van der Waals surface area contributed by atoms with Gasteiger partial charge in [0.1, 0.15) is 11.2 Å². The van der Waals surface area contributed by atoms with Crippen LogP contribution in [0.3, 0.4) is 0 Å². The second-order valence-electron chi connectivity index (χ2n) is 6.65. The Morgan fingerprint density at radius 2 is 2.00 bits per heavy atom. The maximum Gasteiger partial charge on any atom is 0.410 e. The molecule has 0 radical (unpaired) electrons. The molecule has 0 bridgehead atoms. The lowest BCUT2D eigenvalue weighted by Gasteiger charge is -2.44. The van der Waals surface area contributed by atoms with Crippen LogP contribution in [0, 0.1) is 0 Å². The van der Waals surface area contributed by atoms with Crippen molar-refractivity contribution < 1.29 is 19.1 Å². The molecule has 2 saturated heterocycles. The first-order valence-corrected chi connectivity index (χ1v) is 7.15. The summed E-state index contributed by atoms with van der Waals surface area (Å²) in [7, 11) is 0. The Labute approximate surface area is 119 Å². The number of likely N-dealkylation sites (tertiary alicyclic amines) is 1. The van der Waals surface area contributed by atoms with E-state index < -0.39 is 11.2 Å². The van der Waals surface area contributed by atoms with Gasteiger partial charge in [-0.2, -0.15) is 0 Å². The lowest BCUT2D eigenvalue weighted by molar-refractivity contribution is -0.165. The van der Waals surface area contributed by atoms with Crippen molar-refractivity contribution in [3.8, 4) is 0 Å². The van der Waals surface area contributed by atoms with Crippen LogP contribution in [0.1, 0.15) is 40.5 Å². The van der Waals surface area contributed by atoms with Gasteiger partial charge in [0, 0.05) is 32.0 Å². The predicted octanol–water partition coefficient (Wildman–Crippen LogP) is 1.29. The van der Waals surface area contributed by atoms with Gasteiger partial charge >= 0.3 is 6.09 Å². The van der Waals surface area contributed by atoms with Gasteiger partial charge in [-0.3, -0.25) is 4.79 Å². The van der Waals surface area contributed by atoms with Crippen LogP contribution in [0.25, 0.3) is 0 Å². The van der Waals surface area contributed by atoms with E-state index in [1.165, 1.54) is 0 Å². The Morgan fingerprint density at radius 3 is 2.50 bits per heavy atom. The molecule has 2 aliphatic rings. The van der Waals surface area contributed by atoms with E-state index in [0.717, 1.165) is 0 Å². The summed E-state index contributed by atoms with van der Waals surface area (Å²) in [5.74, 6) is -0.0555. The standard InChI is InChI=1S/C14H24N2O4/c1-10-9-19-14(11(17)15-10)5-7-16(8-6-14)12(18)20-13(2,3)4/h10H,5-9H2,1-4H3,(H,15,17)/t10-/m0/s1. The number of morpholine rings is 1. The maximum absolute atomic E-state index is 12.1. The molecule has 2 amide bonds. The number of rotatable bonds is 0. The van der Waals surface area contributed by atoms with Crippen LogP contribution >= 0.6 is 0 Å². The molecule has 0 aromatic carbocycles. The van der Waals surface area contributed by atoms with Gasteiger partial charge in [-0.05, 0) is 27.7 Å². The van der Waals surface area contributed by atoms with Crippen molar-refractivity contribution in [2.75, 3.05) is 19.7 Å². The summed E-state index contributed by atoms with van der Waals surface area (Å²) in [5, 5.41) is 2.92. The van der Waals surface area contributed by atoms with Crippen LogP contribution in [-0.4, -0.2) is 53.8 Å². The first kappa shape index (κ1) is 15.1. The molecular formula is C14H24N2O4. The second-order valence-corrected chi connectivity index (χ2v) is 6.65. The highest BCUT2D eigenvalue weighted by Crippen LogP contribution is 2.30. The zero-order valence-corrected chi connectivity index (χ0v) is 12.7. The fraction of sp³-hybridized carbons (Fsp3) is 0.857. The van der Waals surface area contributed by atoms with Crippen molar-refractivity contribution in [1.82, 2.24) is 10.2 Å². The first-order chi connectivity index (χ1) is 9.22. The van der Waals surface area contributed by atoms with Gasteiger partial charge in [0.2, 0.25) is 0 Å². The van der Waals surface area contributed by atoms with E-state index in [2.05, 4.69) is 5.32 Å². The third-order valence-corrected chi connectivity index (χ3v) is 3.62. The van der Waals surface area contributed by atoms with Gasteiger partial charge in [-0.1, -0.05) is 0 Å². The van der Waals surface area contributed by atoms with Crippen molar-refractivity contribution in [3.05, 3.63) is 0 Å². The summed E-state index contributed by atoms with van der Waals surface area (Å²) in [6.07, 6.45) is 0.715. The molecule has 20 heavy (non-hydrogen) atoms. The van der Waals surface area contributed by atoms with Crippen molar-refractivity contribution in [2.45, 2.75) is 57.8 Å². The Kier molecular flexibility index (Phi) is 3.95. The average molecular weight is 284 g/mol. The largest absolute Gasteiger partial charge is 0.444 e. The van der Waals surface area contributed by atoms with E-state index in [4.69, 9.17) is 9.47 Å². The lowest BCUT2D eigenvalue weighted by Crippen LogP contribution is -2.62. The minimum absolute atomic E-state index is 0.0528. The van der Waals surface area contributed by atoms with E-state index in [1.54, 1.807) is 4.90 Å². The average Bonchev–Trinajstić information content (AvgIpc) is 2.33. The molecule has 0 saturated carbocycles. The van der Waals surface area contributed by atoms with Crippen molar-refractivity contribution in [2.24, 2.45) is 0 Å². The van der Waals surface area contributed by atoms with Crippen LogP contribution in [-0.2, 0) is 14.3 Å². The molecule has 2 fully saturated rings. The maximum atomic E-state index is 12.1. The monoisotopic (exact) mass is 284 g/mol. The number of piperidine rings is 1. The molecule has 1 N–H and O–H groups in total. The quantitative estimate of drug-likeness (QED) is 0.728. The van der Waals surface area contributed by atoms with Crippen LogP contribution in [0.4, 0.5) is 4.79 Å². The smallest absolute Gasteiger partial charge is 0.410 e. The molecule has 6 heteroatoms. The number of ether oxygens (including phenoxy) is 2. The summed E-state index contributed by atoms with van der Waals surface area (Å²) in [6, 6.07) is 0.0528. The van der Waals surface area contributed by atoms with Gasteiger partial charge in [0.05, 0.1) is 6.61 Å². The van der Waals surface area contributed by atoms with E-state index >= 15 is 0 Å². The molecule has 2 rings (SSSR count). The van der Waals surface area contributed by atoms with Crippen LogP contribution in [0.2, 0.25) is 0 Å². The zero-order chi connectivity index (χ0) is 15.0. The topological polar surface area (TPSA) is 67.9 Å². The number of carbonyl (C=O) groups is 2.